The molecule has 0 radical (unpaired) electrons. The molecule has 38 heavy (non-hydrogen) atoms. The van der Waals surface area contributed by atoms with Gasteiger partial charge in [-0.25, -0.2) is 4.68 Å². The van der Waals surface area contributed by atoms with Crippen molar-refractivity contribution in [2.24, 2.45) is 0 Å². The fourth-order valence-electron chi connectivity index (χ4n) is 4.48. The molecule has 4 aromatic rings. The van der Waals surface area contributed by atoms with Crippen LogP contribution in [0.1, 0.15) is 18.2 Å². The predicted molar refractivity (Wildman–Crippen MR) is 137 cm³/mol. The second-order valence-electron chi connectivity index (χ2n) is 8.64. The van der Waals surface area contributed by atoms with Gasteiger partial charge >= 0.3 is 6.29 Å². The van der Waals surface area contributed by atoms with E-state index >= 15 is 0 Å². The van der Waals surface area contributed by atoms with Gasteiger partial charge in [-0.15, -0.1) is 8.78 Å². The Morgan fingerprint density at radius 1 is 1.03 bits per heavy atom. The molecule has 0 unspecified atom stereocenters. The van der Waals surface area contributed by atoms with Crippen LogP contribution < -0.4 is 29.4 Å². The van der Waals surface area contributed by atoms with E-state index < -0.39 is 6.29 Å². The summed E-state index contributed by atoms with van der Waals surface area (Å²) in [6.45, 7) is 3.14. The minimum Gasteiger partial charge on any atom is -0.493 e. The van der Waals surface area contributed by atoms with Crippen LogP contribution in [0.4, 0.5) is 14.5 Å². The van der Waals surface area contributed by atoms with Crippen molar-refractivity contribution < 1.29 is 27.7 Å². The summed E-state index contributed by atoms with van der Waals surface area (Å²) in [4.78, 5) is 19.6. The van der Waals surface area contributed by atoms with Crippen LogP contribution in [-0.4, -0.2) is 48.4 Å². The molecule has 0 bridgehead atoms. The number of benzene rings is 2. The van der Waals surface area contributed by atoms with Gasteiger partial charge in [-0.1, -0.05) is 6.07 Å². The average molecular weight is 525 g/mol. The summed E-state index contributed by atoms with van der Waals surface area (Å²) in [6.07, 6.45) is 0.217. The predicted octanol–water partition coefficient (Wildman–Crippen LogP) is 4.25. The maximum atomic E-state index is 13.5. The van der Waals surface area contributed by atoms with Gasteiger partial charge < -0.3 is 23.8 Å². The van der Waals surface area contributed by atoms with Crippen molar-refractivity contribution in [3.05, 3.63) is 76.5 Å². The average Bonchev–Trinajstić information content (AvgIpc) is 3.24. The number of rotatable bonds is 9. The van der Waals surface area contributed by atoms with Gasteiger partial charge in [0, 0.05) is 49.0 Å². The Morgan fingerprint density at radius 2 is 1.76 bits per heavy atom. The molecule has 3 heterocycles. The fourth-order valence-corrected chi connectivity index (χ4v) is 4.48. The summed E-state index contributed by atoms with van der Waals surface area (Å²) in [5, 5.41) is 5.83. The summed E-state index contributed by atoms with van der Waals surface area (Å²) < 4.78 is 48.3. The lowest BCUT2D eigenvalue weighted by molar-refractivity contribution is -0.286. The molecule has 0 N–H and O–H groups in total. The Hall–Kier alpha value is -4.41. The van der Waals surface area contributed by atoms with Crippen molar-refractivity contribution in [2.75, 3.05) is 32.2 Å². The van der Waals surface area contributed by atoms with Gasteiger partial charge in [0.05, 0.1) is 31.8 Å². The Labute approximate surface area is 217 Å². The van der Waals surface area contributed by atoms with Crippen LogP contribution in [0.3, 0.4) is 0 Å². The smallest absolute Gasteiger partial charge is 0.493 e. The highest BCUT2D eigenvalue weighted by Crippen LogP contribution is 2.42. The standard InChI is InChI=1S/C27H26F2N4O5/c1-4-32(18-7-8-22-25(13-18)38-27(28,29)37-22)10-11-33-26(34)20-15-24(36-3)23(35-2)14-19(20)21(31-33)12-17-6-5-9-30-16-17/h5-9,13-16H,4,10-12H2,1-3H3. The highest BCUT2D eigenvalue weighted by Gasteiger charge is 2.43. The zero-order chi connectivity index (χ0) is 26.9. The molecule has 1 aliphatic heterocycles. The highest BCUT2D eigenvalue weighted by atomic mass is 19.3. The van der Waals surface area contributed by atoms with Gasteiger partial charge in [-0.3, -0.25) is 9.78 Å². The monoisotopic (exact) mass is 524 g/mol. The number of alkyl halides is 2. The number of ether oxygens (including phenoxy) is 4. The number of fused-ring (bicyclic) bond motifs is 2. The summed E-state index contributed by atoms with van der Waals surface area (Å²) in [5.41, 5.74) is 2.00. The largest absolute Gasteiger partial charge is 0.586 e. The van der Waals surface area contributed by atoms with E-state index in [1.54, 1.807) is 30.6 Å². The number of halogens is 2. The number of pyridine rings is 1. The summed E-state index contributed by atoms with van der Waals surface area (Å²) in [5.74, 6) is 0.879. The van der Waals surface area contributed by atoms with Crippen LogP contribution >= 0.6 is 0 Å². The third-order valence-electron chi connectivity index (χ3n) is 6.35. The molecular formula is C27H26F2N4O5. The van der Waals surface area contributed by atoms with Crippen molar-refractivity contribution >= 4 is 16.5 Å². The number of methoxy groups -OCH3 is 2. The first-order chi connectivity index (χ1) is 18.3. The van der Waals surface area contributed by atoms with Crippen molar-refractivity contribution in [1.82, 2.24) is 14.8 Å². The van der Waals surface area contributed by atoms with Crippen molar-refractivity contribution in [1.29, 1.82) is 0 Å². The van der Waals surface area contributed by atoms with E-state index in [0.717, 1.165) is 5.56 Å². The Bertz CT molecular complexity index is 1530. The van der Waals surface area contributed by atoms with E-state index in [-0.39, 0.29) is 23.6 Å². The molecule has 0 amide bonds. The molecule has 2 aromatic heterocycles. The first-order valence-corrected chi connectivity index (χ1v) is 12.0. The molecule has 0 saturated heterocycles. The lowest BCUT2D eigenvalue weighted by atomic mass is 10.0. The zero-order valence-corrected chi connectivity index (χ0v) is 21.1. The maximum Gasteiger partial charge on any atom is 0.586 e. The van der Waals surface area contributed by atoms with Gasteiger partial charge in [-0.2, -0.15) is 5.10 Å². The van der Waals surface area contributed by atoms with Crippen LogP contribution in [-0.2, 0) is 13.0 Å². The van der Waals surface area contributed by atoms with Crippen molar-refractivity contribution in [3.63, 3.8) is 0 Å². The molecule has 1 aliphatic rings. The molecule has 5 rings (SSSR count). The summed E-state index contributed by atoms with van der Waals surface area (Å²) in [7, 11) is 3.05. The third-order valence-corrected chi connectivity index (χ3v) is 6.35. The van der Waals surface area contributed by atoms with Gasteiger partial charge in [0.1, 0.15) is 0 Å². The highest BCUT2D eigenvalue weighted by molar-refractivity contribution is 5.87. The molecule has 0 fully saturated rings. The van der Waals surface area contributed by atoms with Crippen LogP contribution in [0.5, 0.6) is 23.0 Å². The lowest BCUT2D eigenvalue weighted by Gasteiger charge is -2.24. The van der Waals surface area contributed by atoms with E-state index in [0.29, 0.717) is 53.2 Å². The second-order valence-corrected chi connectivity index (χ2v) is 8.64. The van der Waals surface area contributed by atoms with E-state index in [4.69, 9.17) is 14.6 Å². The molecule has 0 spiro atoms. The van der Waals surface area contributed by atoms with E-state index in [1.807, 2.05) is 24.0 Å². The fraction of sp³-hybridized carbons (Fsp3) is 0.296. The number of likely N-dealkylation sites (N-methyl/N-ethyl adjacent to an activating group) is 1. The first kappa shape index (κ1) is 25.2. The SMILES string of the molecule is CCN(CCn1nc(Cc2cccnc2)c2cc(OC)c(OC)cc2c1=O)c1ccc2c(c1)OC(F)(F)O2. The van der Waals surface area contributed by atoms with Gasteiger partial charge in [0.2, 0.25) is 0 Å². The minimum absolute atomic E-state index is 0.0216. The Balaban J connectivity index is 1.49. The molecule has 198 valence electrons. The lowest BCUT2D eigenvalue weighted by Crippen LogP contribution is -2.33. The number of hydrogen-bond donors (Lipinski definition) is 0. The first-order valence-electron chi connectivity index (χ1n) is 12.0. The van der Waals surface area contributed by atoms with Crippen molar-refractivity contribution in [2.45, 2.75) is 26.2 Å². The molecule has 2 aromatic carbocycles. The third kappa shape index (κ3) is 4.91. The van der Waals surface area contributed by atoms with E-state index in [2.05, 4.69) is 14.5 Å². The molecular weight excluding hydrogens is 498 g/mol. The zero-order valence-electron chi connectivity index (χ0n) is 21.1. The molecule has 0 aliphatic carbocycles. The molecule has 9 nitrogen and oxygen atoms in total. The van der Waals surface area contributed by atoms with Crippen molar-refractivity contribution in [3.8, 4) is 23.0 Å². The summed E-state index contributed by atoms with van der Waals surface area (Å²) in [6, 6.07) is 11.8. The second kappa shape index (κ2) is 10.2. The molecule has 0 atom stereocenters. The molecule has 11 heteroatoms. The normalized spacial score (nSPS) is 13.5. The maximum absolute atomic E-state index is 13.5. The van der Waals surface area contributed by atoms with Crippen LogP contribution in [0.15, 0.2) is 59.7 Å². The Kier molecular flexibility index (Phi) is 6.75. The number of hydrogen-bond acceptors (Lipinski definition) is 8. The topological polar surface area (TPSA) is 87.9 Å². The summed E-state index contributed by atoms with van der Waals surface area (Å²) >= 11 is 0. The van der Waals surface area contributed by atoms with E-state index in [1.165, 1.54) is 31.0 Å². The van der Waals surface area contributed by atoms with Crippen LogP contribution in [0.2, 0.25) is 0 Å². The number of aromatic nitrogens is 3. The quantitative estimate of drug-likeness (QED) is 0.321. The number of nitrogens with zero attached hydrogens (tertiary/aromatic N) is 4. The van der Waals surface area contributed by atoms with Crippen LogP contribution in [0.25, 0.3) is 10.8 Å². The Morgan fingerprint density at radius 3 is 2.45 bits per heavy atom. The van der Waals surface area contributed by atoms with Gasteiger partial charge in [0.15, 0.2) is 23.0 Å². The van der Waals surface area contributed by atoms with Gasteiger partial charge in [0.25, 0.3) is 5.56 Å². The van der Waals surface area contributed by atoms with Gasteiger partial charge in [-0.05, 0) is 42.8 Å². The molecule has 0 saturated carbocycles. The van der Waals surface area contributed by atoms with Crippen LogP contribution in [0, 0.1) is 0 Å². The van der Waals surface area contributed by atoms with E-state index in [9.17, 15) is 13.6 Å². The minimum atomic E-state index is -3.69. The number of anilines is 1.